The average Bonchev–Trinajstić information content (AvgIpc) is 2.49. The number of carbonyl (C=O) groups is 2. The van der Waals surface area contributed by atoms with Crippen molar-refractivity contribution in [2.24, 2.45) is 0 Å². The van der Waals surface area contributed by atoms with E-state index in [1.807, 2.05) is 44.2 Å². The maximum atomic E-state index is 12.8. The van der Waals surface area contributed by atoms with E-state index in [2.05, 4.69) is 5.32 Å². The van der Waals surface area contributed by atoms with Gasteiger partial charge in [0, 0.05) is 19.0 Å². The fraction of sp³-hybridized carbons (Fsp3) is 0.467. The van der Waals surface area contributed by atoms with Crippen molar-refractivity contribution in [3.8, 4) is 0 Å². The van der Waals surface area contributed by atoms with Crippen molar-refractivity contribution in [2.75, 3.05) is 6.54 Å². The van der Waals surface area contributed by atoms with E-state index < -0.39 is 5.54 Å². The first-order valence-corrected chi connectivity index (χ1v) is 6.63. The summed E-state index contributed by atoms with van der Waals surface area (Å²) >= 11 is 0. The minimum absolute atomic E-state index is 0.0421. The van der Waals surface area contributed by atoms with E-state index in [-0.39, 0.29) is 17.9 Å². The molecule has 0 aliphatic carbocycles. The van der Waals surface area contributed by atoms with Crippen LogP contribution in [0.15, 0.2) is 30.3 Å². The molecule has 4 heteroatoms. The Hall–Kier alpha value is -1.84. The van der Waals surface area contributed by atoms with Crippen molar-refractivity contribution in [3.63, 3.8) is 0 Å². The zero-order chi connectivity index (χ0) is 14.0. The molecule has 102 valence electrons. The second kappa shape index (κ2) is 5.03. The number of carbonyl (C=O) groups excluding carboxylic acids is 2. The molecule has 1 unspecified atom stereocenters. The monoisotopic (exact) mass is 260 g/mol. The topological polar surface area (TPSA) is 49.4 Å². The van der Waals surface area contributed by atoms with Crippen LogP contribution in [-0.2, 0) is 15.1 Å². The minimum Gasteiger partial charge on any atom is -0.338 e. The van der Waals surface area contributed by atoms with Crippen LogP contribution in [0.4, 0.5) is 0 Å². The van der Waals surface area contributed by atoms with E-state index in [4.69, 9.17) is 0 Å². The van der Waals surface area contributed by atoms with E-state index in [9.17, 15) is 9.59 Å². The smallest absolute Gasteiger partial charge is 0.252 e. The molecule has 2 rings (SSSR count). The zero-order valence-electron chi connectivity index (χ0n) is 11.6. The number of hydrogen-bond donors (Lipinski definition) is 1. The maximum Gasteiger partial charge on any atom is 0.252 e. The van der Waals surface area contributed by atoms with Crippen molar-refractivity contribution in [1.29, 1.82) is 0 Å². The Kier molecular flexibility index (Phi) is 3.60. The highest BCUT2D eigenvalue weighted by Crippen LogP contribution is 2.26. The minimum atomic E-state index is -0.973. The van der Waals surface area contributed by atoms with Crippen molar-refractivity contribution >= 4 is 11.8 Å². The van der Waals surface area contributed by atoms with Crippen LogP contribution in [0.25, 0.3) is 0 Å². The summed E-state index contributed by atoms with van der Waals surface area (Å²) < 4.78 is 0. The number of rotatable bonds is 2. The van der Waals surface area contributed by atoms with Gasteiger partial charge >= 0.3 is 0 Å². The third kappa shape index (κ3) is 2.48. The lowest BCUT2D eigenvalue weighted by atomic mass is 9.90. The normalized spacial score (nSPS) is 24.3. The number of hydrogen-bond acceptors (Lipinski definition) is 2. The molecule has 2 amide bonds. The van der Waals surface area contributed by atoms with Crippen molar-refractivity contribution < 1.29 is 9.59 Å². The van der Waals surface area contributed by atoms with Crippen LogP contribution in [0.3, 0.4) is 0 Å². The van der Waals surface area contributed by atoms with Crippen molar-refractivity contribution in [3.05, 3.63) is 35.9 Å². The molecule has 0 spiro atoms. The first-order chi connectivity index (χ1) is 8.95. The Labute approximate surface area is 113 Å². The molecular formula is C15H20N2O2. The molecule has 1 aliphatic heterocycles. The molecule has 19 heavy (non-hydrogen) atoms. The average molecular weight is 260 g/mol. The summed E-state index contributed by atoms with van der Waals surface area (Å²) in [6.45, 7) is 6.20. The van der Waals surface area contributed by atoms with Gasteiger partial charge in [0.1, 0.15) is 5.54 Å². The standard InChI is InChI=1S/C15H20N2O2/c1-11(2)17-10-9-13(18)16-15(3,14(17)19)12-7-5-4-6-8-12/h4-8,11H,9-10H2,1-3H3,(H,16,18). The molecule has 4 nitrogen and oxygen atoms in total. The van der Waals surface area contributed by atoms with E-state index in [1.54, 1.807) is 11.8 Å². The van der Waals surface area contributed by atoms with Crippen LogP contribution in [0, 0.1) is 0 Å². The van der Waals surface area contributed by atoms with Gasteiger partial charge in [0.2, 0.25) is 5.91 Å². The molecule has 1 aliphatic rings. The molecular weight excluding hydrogens is 240 g/mol. The second-order valence-corrected chi connectivity index (χ2v) is 5.38. The van der Waals surface area contributed by atoms with Gasteiger partial charge in [-0.1, -0.05) is 30.3 Å². The molecule has 1 fully saturated rings. The number of amides is 2. The Balaban J connectivity index is 2.45. The summed E-state index contributed by atoms with van der Waals surface area (Å²) in [5, 5.41) is 2.88. The Morgan fingerprint density at radius 1 is 1.21 bits per heavy atom. The molecule has 1 N–H and O–H groups in total. The molecule has 1 aromatic carbocycles. The van der Waals surface area contributed by atoms with Crippen LogP contribution in [0.5, 0.6) is 0 Å². The molecule has 0 aromatic heterocycles. The first-order valence-electron chi connectivity index (χ1n) is 6.63. The van der Waals surface area contributed by atoms with Crippen LogP contribution < -0.4 is 5.32 Å². The molecule has 1 heterocycles. The summed E-state index contributed by atoms with van der Waals surface area (Å²) in [5.74, 6) is -0.123. The van der Waals surface area contributed by atoms with Gasteiger partial charge in [0.05, 0.1) is 0 Å². The lowest BCUT2D eigenvalue weighted by Crippen LogP contribution is -2.53. The van der Waals surface area contributed by atoms with Gasteiger partial charge in [-0.3, -0.25) is 9.59 Å². The first kappa shape index (κ1) is 13.6. The molecule has 0 radical (unpaired) electrons. The van der Waals surface area contributed by atoms with Gasteiger partial charge in [-0.2, -0.15) is 0 Å². The van der Waals surface area contributed by atoms with Crippen LogP contribution in [0.1, 0.15) is 32.8 Å². The zero-order valence-corrected chi connectivity index (χ0v) is 11.6. The second-order valence-electron chi connectivity index (χ2n) is 5.38. The largest absolute Gasteiger partial charge is 0.338 e. The third-order valence-electron chi connectivity index (χ3n) is 3.63. The van der Waals surface area contributed by atoms with Gasteiger partial charge in [0.15, 0.2) is 0 Å². The quantitative estimate of drug-likeness (QED) is 0.879. The van der Waals surface area contributed by atoms with Gasteiger partial charge in [-0.25, -0.2) is 0 Å². The summed E-state index contributed by atoms with van der Waals surface area (Å²) in [7, 11) is 0. The summed E-state index contributed by atoms with van der Waals surface area (Å²) in [6.07, 6.45) is 0.354. The van der Waals surface area contributed by atoms with Gasteiger partial charge < -0.3 is 10.2 Å². The van der Waals surface area contributed by atoms with Crippen LogP contribution >= 0.6 is 0 Å². The Morgan fingerprint density at radius 2 is 1.84 bits per heavy atom. The number of benzene rings is 1. The molecule has 0 bridgehead atoms. The molecule has 1 aromatic rings. The van der Waals surface area contributed by atoms with Gasteiger partial charge in [0.25, 0.3) is 5.91 Å². The molecule has 1 atom stereocenters. The number of nitrogens with zero attached hydrogens (tertiary/aromatic N) is 1. The van der Waals surface area contributed by atoms with E-state index in [0.717, 1.165) is 5.56 Å². The van der Waals surface area contributed by atoms with Crippen LogP contribution in [0.2, 0.25) is 0 Å². The van der Waals surface area contributed by atoms with E-state index in [0.29, 0.717) is 13.0 Å². The lowest BCUT2D eigenvalue weighted by Gasteiger charge is -2.34. The molecule has 1 saturated heterocycles. The maximum absolute atomic E-state index is 12.8. The SMILES string of the molecule is CC(C)N1CCC(=O)NC(C)(c2ccccc2)C1=O. The summed E-state index contributed by atoms with van der Waals surface area (Å²) in [5.41, 5.74) is -0.153. The third-order valence-corrected chi connectivity index (χ3v) is 3.63. The highest BCUT2D eigenvalue weighted by molar-refractivity contribution is 5.94. The Bertz CT molecular complexity index is 484. The van der Waals surface area contributed by atoms with Gasteiger partial charge in [-0.05, 0) is 26.3 Å². The highest BCUT2D eigenvalue weighted by Gasteiger charge is 2.42. The van der Waals surface area contributed by atoms with E-state index >= 15 is 0 Å². The molecule has 0 saturated carbocycles. The summed E-state index contributed by atoms with van der Waals surface area (Å²) in [4.78, 5) is 26.4. The Morgan fingerprint density at radius 3 is 2.42 bits per heavy atom. The fourth-order valence-electron chi connectivity index (χ4n) is 2.47. The predicted molar refractivity (Wildman–Crippen MR) is 73.4 cm³/mol. The predicted octanol–water partition coefficient (Wildman–Crippen LogP) is 1.66. The van der Waals surface area contributed by atoms with Crippen molar-refractivity contribution in [1.82, 2.24) is 10.2 Å². The highest BCUT2D eigenvalue weighted by atomic mass is 16.2. The fourth-order valence-corrected chi connectivity index (χ4v) is 2.47. The summed E-state index contributed by atoms with van der Waals surface area (Å²) in [6, 6.07) is 9.50. The van der Waals surface area contributed by atoms with Gasteiger partial charge in [-0.15, -0.1) is 0 Å². The van der Waals surface area contributed by atoms with Crippen LogP contribution in [-0.4, -0.2) is 29.3 Å². The van der Waals surface area contributed by atoms with E-state index in [1.165, 1.54) is 0 Å². The van der Waals surface area contributed by atoms with Crippen molar-refractivity contribution in [2.45, 2.75) is 38.8 Å². The number of nitrogens with one attached hydrogen (secondary N) is 1. The lowest BCUT2D eigenvalue weighted by molar-refractivity contribution is -0.140.